The Hall–Kier alpha value is -6.56. The SMILES string of the molecule is c1ccc(-c2ccc(-c3nc(-c4ccccc4)nc(-c4ccc(-c5nc6cc7ccccc7cc6c6c5sc5ccccc56)cc4)n3)cc2)cc1. The molecule has 0 aliphatic heterocycles. The van der Waals surface area contributed by atoms with Gasteiger partial charge in [-0.3, -0.25) is 0 Å². The van der Waals surface area contributed by atoms with Crippen molar-refractivity contribution >= 4 is 53.2 Å². The maximum absolute atomic E-state index is 5.33. The molecular formula is C46H28N4S. The van der Waals surface area contributed by atoms with Gasteiger partial charge in [0.05, 0.1) is 15.9 Å². The molecule has 4 nitrogen and oxygen atoms in total. The standard InChI is InChI=1S/C46H28N4S/c1-3-11-29(12-4-1)30-19-23-33(24-20-30)45-48-44(32-13-5-2-6-14-32)49-46(50-45)34-25-21-31(22-26-34)42-43-41(37-17-9-10-18-40(37)51-43)38-27-35-15-7-8-16-36(35)28-39(38)47-42/h1-28H. The van der Waals surface area contributed by atoms with Crippen LogP contribution in [-0.4, -0.2) is 19.9 Å². The van der Waals surface area contributed by atoms with E-state index in [9.17, 15) is 0 Å². The summed E-state index contributed by atoms with van der Waals surface area (Å²) in [4.78, 5) is 20.3. The van der Waals surface area contributed by atoms with Gasteiger partial charge in [0.15, 0.2) is 17.5 Å². The molecule has 3 heterocycles. The van der Waals surface area contributed by atoms with Crippen LogP contribution in [0.15, 0.2) is 170 Å². The van der Waals surface area contributed by atoms with Gasteiger partial charge in [0.25, 0.3) is 0 Å². The van der Waals surface area contributed by atoms with Crippen molar-refractivity contribution in [3.63, 3.8) is 0 Å². The van der Waals surface area contributed by atoms with Crippen molar-refractivity contribution in [2.45, 2.75) is 0 Å². The van der Waals surface area contributed by atoms with Gasteiger partial charge < -0.3 is 0 Å². The maximum Gasteiger partial charge on any atom is 0.164 e. The first kappa shape index (κ1) is 29.4. The van der Waals surface area contributed by atoms with Crippen molar-refractivity contribution in [2.24, 2.45) is 0 Å². The third kappa shape index (κ3) is 5.23. The molecule has 51 heavy (non-hydrogen) atoms. The lowest BCUT2D eigenvalue weighted by Crippen LogP contribution is -2.00. The number of hydrogen-bond donors (Lipinski definition) is 0. The molecule has 0 bridgehead atoms. The van der Waals surface area contributed by atoms with E-state index < -0.39 is 0 Å². The number of pyridine rings is 1. The monoisotopic (exact) mass is 668 g/mol. The second kappa shape index (κ2) is 12.1. The summed E-state index contributed by atoms with van der Waals surface area (Å²) in [6, 6.07) is 59.1. The van der Waals surface area contributed by atoms with Crippen LogP contribution in [-0.2, 0) is 0 Å². The average Bonchev–Trinajstić information content (AvgIpc) is 3.61. The summed E-state index contributed by atoms with van der Waals surface area (Å²) in [7, 11) is 0. The average molecular weight is 669 g/mol. The third-order valence-electron chi connectivity index (χ3n) is 9.51. The van der Waals surface area contributed by atoms with Crippen molar-refractivity contribution in [2.75, 3.05) is 0 Å². The second-order valence-corrected chi connectivity index (χ2v) is 13.7. The Balaban J connectivity index is 1.10. The Morgan fingerprint density at radius 1 is 0.353 bits per heavy atom. The van der Waals surface area contributed by atoms with Gasteiger partial charge in [-0.1, -0.05) is 152 Å². The Labute approximate surface area is 298 Å². The lowest BCUT2D eigenvalue weighted by molar-refractivity contribution is 1.07. The van der Waals surface area contributed by atoms with Gasteiger partial charge in [0, 0.05) is 43.1 Å². The molecule has 0 amide bonds. The Bertz CT molecular complexity index is 2880. The summed E-state index contributed by atoms with van der Waals surface area (Å²) >= 11 is 1.81. The minimum absolute atomic E-state index is 0.627. The molecule has 238 valence electrons. The molecule has 0 N–H and O–H groups in total. The molecule has 0 spiro atoms. The van der Waals surface area contributed by atoms with E-state index in [2.05, 4.69) is 133 Å². The molecule has 10 rings (SSSR count). The summed E-state index contributed by atoms with van der Waals surface area (Å²) in [6.07, 6.45) is 0. The molecular weight excluding hydrogens is 641 g/mol. The first-order chi connectivity index (χ1) is 25.2. The van der Waals surface area contributed by atoms with E-state index in [1.807, 2.05) is 47.7 Å². The van der Waals surface area contributed by atoms with Gasteiger partial charge in [-0.25, -0.2) is 19.9 Å². The van der Waals surface area contributed by atoms with Crippen LogP contribution < -0.4 is 0 Å². The highest BCUT2D eigenvalue weighted by molar-refractivity contribution is 7.26. The van der Waals surface area contributed by atoms with Gasteiger partial charge >= 0.3 is 0 Å². The van der Waals surface area contributed by atoms with Crippen LogP contribution in [0.2, 0.25) is 0 Å². The zero-order chi connectivity index (χ0) is 33.7. The smallest absolute Gasteiger partial charge is 0.164 e. The Kier molecular flexibility index (Phi) is 6.96. The molecule has 0 aliphatic rings. The highest BCUT2D eigenvalue weighted by atomic mass is 32.1. The minimum atomic E-state index is 0.627. The van der Waals surface area contributed by atoms with E-state index in [1.165, 1.54) is 41.9 Å². The minimum Gasteiger partial charge on any atom is -0.246 e. The topological polar surface area (TPSA) is 51.6 Å². The molecule has 0 unspecified atom stereocenters. The number of rotatable bonds is 5. The number of aromatic nitrogens is 4. The molecule has 7 aromatic carbocycles. The largest absolute Gasteiger partial charge is 0.246 e. The number of hydrogen-bond acceptors (Lipinski definition) is 5. The second-order valence-electron chi connectivity index (χ2n) is 12.7. The van der Waals surface area contributed by atoms with Gasteiger partial charge in [0.2, 0.25) is 0 Å². The van der Waals surface area contributed by atoms with E-state index in [0.717, 1.165) is 39.0 Å². The highest BCUT2D eigenvalue weighted by Gasteiger charge is 2.18. The molecule has 0 radical (unpaired) electrons. The van der Waals surface area contributed by atoms with Gasteiger partial charge in [-0.2, -0.15) is 0 Å². The number of fused-ring (bicyclic) bond motifs is 6. The van der Waals surface area contributed by atoms with Gasteiger partial charge in [-0.05, 0) is 40.1 Å². The van der Waals surface area contributed by atoms with Crippen LogP contribution in [0, 0.1) is 0 Å². The molecule has 0 atom stereocenters. The zero-order valence-corrected chi connectivity index (χ0v) is 28.2. The molecule has 10 aromatic rings. The van der Waals surface area contributed by atoms with Gasteiger partial charge in [-0.15, -0.1) is 11.3 Å². The molecule has 0 aliphatic carbocycles. The fraction of sp³-hybridized carbons (Fsp3) is 0. The first-order valence-corrected chi connectivity index (χ1v) is 17.8. The van der Waals surface area contributed by atoms with Crippen molar-refractivity contribution in [1.82, 2.24) is 19.9 Å². The van der Waals surface area contributed by atoms with E-state index in [1.54, 1.807) is 0 Å². The molecule has 0 saturated heterocycles. The van der Waals surface area contributed by atoms with E-state index in [4.69, 9.17) is 19.9 Å². The Morgan fingerprint density at radius 2 is 0.824 bits per heavy atom. The van der Waals surface area contributed by atoms with Gasteiger partial charge in [0.1, 0.15) is 0 Å². The van der Waals surface area contributed by atoms with E-state index in [-0.39, 0.29) is 0 Å². The molecule has 0 saturated carbocycles. The normalized spacial score (nSPS) is 11.5. The zero-order valence-electron chi connectivity index (χ0n) is 27.4. The van der Waals surface area contributed by atoms with Crippen molar-refractivity contribution < 1.29 is 0 Å². The fourth-order valence-corrected chi connectivity index (χ4v) is 8.17. The highest BCUT2D eigenvalue weighted by Crippen LogP contribution is 2.43. The predicted molar refractivity (Wildman–Crippen MR) is 213 cm³/mol. The van der Waals surface area contributed by atoms with Crippen LogP contribution >= 0.6 is 11.3 Å². The first-order valence-electron chi connectivity index (χ1n) is 17.0. The van der Waals surface area contributed by atoms with Crippen LogP contribution in [0.25, 0.3) is 98.4 Å². The third-order valence-corrected chi connectivity index (χ3v) is 10.7. The van der Waals surface area contributed by atoms with Crippen LogP contribution in [0.4, 0.5) is 0 Å². The lowest BCUT2D eigenvalue weighted by Gasteiger charge is -2.11. The van der Waals surface area contributed by atoms with Crippen LogP contribution in [0.5, 0.6) is 0 Å². The maximum atomic E-state index is 5.33. The Morgan fingerprint density at radius 3 is 1.47 bits per heavy atom. The quantitative estimate of drug-likeness (QED) is 0.171. The van der Waals surface area contributed by atoms with E-state index in [0.29, 0.717) is 17.5 Å². The van der Waals surface area contributed by atoms with Crippen molar-refractivity contribution in [1.29, 1.82) is 0 Å². The number of thiophene rings is 1. The molecule has 3 aromatic heterocycles. The van der Waals surface area contributed by atoms with Crippen LogP contribution in [0.1, 0.15) is 0 Å². The summed E-state index contributed by atoms with van der Waals surface area (Å²) in [5.74, 6) is 1.91. The summed E-state index contributed by atoms with van der Waals surface area (Å²) < 4.78 is 2.45. The lowest BCUT2D eigenvalue weighted by atomic mass is 10.00. The molecule has 5 heteroatoms. The fourth-order valence-electron chi connectivity index (χ4n) is 6.94. The number of nitrogens with zero attached hydrogens (tertiary/aromatic N) is 4. The van der Waals surface area contributed by atoms with Crippen molar-refractivity contribution in [3.05, 3.63) is 170 Å². The van der Waals surface area contributed by atoms with Crippen molar-refractivity contribution in [3.8, 4) is 56.5 Å². The molecule has 0 fully saturated rings. The summed E-state index contributed by atoms with van der Waals surface area (Å²) in [5, 5.41) is 6.12. The summed E-state index contributed by atoms with van der Waals surface area (Å²) in [6.45, 7) is 0. The predicted octanol–water partition coefficient (Wildman–Crippen LogP) is 12.3. The van der Waals surface area contributed by atoms with Crippen LogP contribution in [0.3, 0.4) is 0 Å². The number of benzene rings is 7. The van der Waals surface area contributed by atoms with E-state index >= 15 is 0 Å². The summed E-state index contributed by atoms with van der Waals surface area (Å²) in [5.41, 5.74) is 8.16.